The first-order valence-corrected chi connectivity index (χ1v) is 20.8. The van der Waals surface area contributed by atoms with Gasteiger partial charge in [-0.2, -0.15) is 0 Å². The van der Waals surface area contributed by atoms with Crippen molar-refractivity contribution in [3.8, 4) is 50.7 Å². The Kier molecular flexibility index (Phi) is 7.27. The molecular formula is C52H31N3S2. The summed E-state index contributed by atoms with van der Waals surface area (Å²) in [6.45, 7) is 0. The summed E-state index contributed by atoms with van der Waals surface area (Å²) in [7, 11) is 0. The summed E-state index contributed by atoms with van der Waals surface area (Å²) in [5.74, 6) is 0.710. The van der Waals surface area contributed by atoms with Gasteiger partial charge in [-0.1, -0.05) is 140 Å². The topological polar surface area (TPSA) is 30.7 Å². The molecule has 0 amide bonds. The zero-order chi connectivity index (χ0) is 37.5. The molecule has 0 unspecified atom stereocenters. The van der Waals surface area contributed by atoms with Crippen LogP contribution in [0.1, 0.15) is 0 Å². The molecule has 12 rings (SSSR count). The highest BCUT2D eigenvalue weighted by molar-refractivity contribution is 7.26. The fraction of sp³-hybridized carbons (Fsp3) is 0. The minimum Gasteiger partial charge on any atom is -0.309 e. The normalized spacial score (nSPS) is 11.9. The molecule has 0 bridgehead atoms. The monoisotopic (exact) mass is 761 g/mol. The maximum Gasteiger partial charge on any atom is 0.160 e. The Morgan fingerprint density at radius 1 is 0.368 bits per heavy atom. The van der Waals surface area contributed by atoms with Gasteiger partial charge in [-0.25, -0.2) is 9.97 Å². The van der Waals surface area contributed by atoms with Crippen molar-refractivity contribution in [2.24, 2.45) is 0 Å². The minimum absolute atomic E-state index is 0.710. The van der Waals surface area contributed by atoms with Crippen LogP contribution >= 0.6 is 22.7 Å². The van der Waals surface area contributed by atoms with Crippen LogP contribution in [0.3, 0.4) is 0 Å². The van der Waals surface area contributed by atoms with Crippen molar-refractivity contribution < 1.29 is 0 Å². The Balaban J connectivity index is 1.16. The number of para-hydroxylation sites is 1. The van der Waals surface area contributed by atoms with Crippen molar-refractivity contribution in [2.75, 3.05) is 0 Å². The first kappa shape index (κ1) is 32.3. The summed E-state index contributed by atoms with van der Waals surface area (Å²) in [6, 6.07) is 67.7. The molecule has 8 aromatic carbocycles. The summed E-state index contributed by atoms with van der Waals surface area (Å²) >= 11 is 3.76. The Bertz CT molecular complexity index is 3460. The van der Waals surface area contributed by atoms with E-state index in [2.05, 4.69) is 168 Å². The van der Waals surface area contributed by atoms with E-state index in [1.807, 2.05) is 46.9 Å². The summed E-state index contributed by atoms with van der Waals surface area (Å²) in [5.41, 5.74) is 10.9. The molecule has 57 heavy (non-hydrogen) atoms. The molecule has 12 aromatic rings. The second-order valence-corrected chi connectivity index (χ2v) is 16.6. The quantitative estimate of drug-likeness (QED) is 0.175. The number of fused-ring (bicyclic) bond motifs is 9. The van der Waals surface area contributed by atoms with Crippen LogP contribution in [0.4, 0.5) is 0 Å². The molecule has 0 N–H and O–H groups in total. The summed E-state index contributed by atoms with van der Waals surface area (Å²) in [6.07, 6.45) is 0. The van der Waals surface area contributed by atoms with Crippen LogP contribution in [0.5, 0.6) is 0 Å². The van der Waals surface area contributed by atoms with E-state index in [9.17, 15) is 0 Å². The molecule has 4 aromatic heterocycles. The van der Waals surface area contributed by atoms with Gasteiger partial charge < -0.3 is 4.57 Å². The lowest BCUT2D eigenvalue weighted by Gasteiger charge is -2.14. The second kappa shape index (κ2) is 12.8. The molecule has 0 saturated heterocycles. The van der Waals surface area contributed by atoms with Gasteiger partial charge >= 0.3 is 0 Å². The van der Waals surface area contributed by atoms with E-state index in [-0.39, 0.29) is 0 Å². The Labute approximate surface area is 336 Å². The molecule has 4 heterocycles. The second-order valence-electron chi connectivity index (χ2n) is 14.5. The average Bonchev–Trinajstić information content (AvgIpc) is 3.96. The van der Waals surface area contributed by atoms with E-state index < -0.39 is 0 Å². The van der Waals surface area contributed by atoms with Gasteiger partial charge in [0.05, 0.1) is 22.4 Å². The zero-order valence-corrected chi connectivity index (χ0v) is 32.2. The summed E-state index contributed by atoms with van der Waals surface area (Å²) < 4.78 is 7.70. The number of aromatic nitrogens is 3. The van der Waals surface area contributed by atoms with Crippen LogP contribution in [0, 0.1) is 0 Å². The third-order valence-corrected chi connectivity index (χ3v) is 13.6. The smallest absolute Gasteiger partial charge is 0.160 e. The van der Waals surface area contributed by atoms with Crippen LogP contribution in [0.2, 0.25) is 0 Å². The fourth-order valence-corrected chi connectivity index (χ4v) is 11.1. The van der Waals surface area contributed by atoms with Crippen molar-refractivity contribution in [2.45, 2.75) is 0 Å². The minimum atomic E-state index is 0.710. The van der Waals surface area contributed by atoms with E-state index >= 15 is 0 Å². The van der Waals surface area contributed by atoms with Crippen molar-refractivity contribution in [1.82, 2.24) is 14.5 Å². The largest absolute Gasteiger partial charge is 0.309 e. The number of hydrogen-bond donors (Lipinski definition) is 0. The summed E-state index contributed by atoms with van der Waals surface area (Å²) in [5, 5.41) is 7.55. The molecular weight excluding hydrogens is 731 g/mol. The highest BCUT2D eigenvalue weighted by Gasteiger charge is 2.22. The van der Waals surface area contributed by atoms with E-state index in [1.54, 1.807) is 0 Å². The van der Waals surface area contributed by atoms with Gasteiger partial charge in [0.15, 0.2) is 5.82 Å². The van der Waals surface area contributed by atoms with Crippen molar-refractivity contribution >= 4 is 84.8 Å². The lowest BCUT2D eigenvalue weighted by Crippen LogP contribution is -1.97. The van der Waals surface area contributed by atoms with Gasteiger partial charge in [0, 0.05) is 79.1 Å². The number of nitrogens with zero attached hydrogens (tertiary/aromatic N) is 3. The zero-order valence-electron chi connectivity index (χ0n) is 30.6. The average molecular weight is 762 g/mol. The van der Waals surface area contributed by atoms with Gasteiger partial charge in [-0.3, -0.25) is 0 Å². The van der Waals surface area contributed by atoms with Gasteiger partial charge in [0.2, 0.25) is 0 Å². The Hall–Kier alpha value is -6.92. The molecule has 0 aliphatic rings. The number of thiophene rings is 2. The predicted molar refractivity (Wildman–Crippen MR) is 244 cm³/mol. The molecule has 0 atom stereocenters. The lowest BCUT2D eigenvalue weighted by atomic mass is 9.97. The van der Waals surface area contributed by atoms with Crippen LogP contribution < -0.4 is 0 Å². The lowest BCUT2D eigenvalue weighted by molar-refractivity contribution is 1.18. The molecule has 0 spiro atoms. The predicted octanol–water partition coefficient (Wildman–Crippen LogP) is 15.0. The highest BCUT2D eigenvalue weighted by atomic mass is 32.1. The third kappa shape index (κ3) is 5.10. The van der Waals surface area contributed by atoms with Crippen molar-refractivity contribution in [3.05, 3.63) is 188 Å². The molecule has 0 aliphatic heterocycles. The first-order valence-electron chi connectivity index (χ1n) is 19.2. The molecule has 0 aliphatic carbocycles. The number of rotatable bonds is 5. The SMILES string of the molecule is c1ccc(-c2cc(-c3cccc4c3c3ccccc3n4-c3cc(-c4cccc5sc6ccccc6c45)c4sc5ccccc5c4c3)nc(-c3ccccc3)n2)cc1. The molecule has 266 valence electrons. The van der Waals surface area contributed by atoms with Crippen LogP contribution in [-0.4, -0.2) is 14.5 Å². The fourth-order valence-electron chi connectivity index (χ4n) is 8.71. The van der Waals surface area contributed by atoms with E-state index in [0.717, 1.165) is 44.8 Å². The van der Waals surface area contributed by atoms with Gasteiger partial charge in [0.25, 0.3) is 0 Å². The van der Waals surface area contributed by atoms with Crippen molar-refractivity contribution in [3.63, 3.8) is 0 Å². The maximum absolute atomic E-state index is 5.29. The molecule has 0 saturated carbocycles. The summed E-state index contributed by atoms with van der Waals surface area (Å²) in [4.78, 5) is 10.4. The van der Waals surface area contributed by atoms with Gasteiger partial charge in [-0.15, -0.1) is 22.7 Å². The van der Waals surface area contributed by atoms with E-state index in [0.29, 0.717) is 5.82 Å². The Morgan fingerprint density at radius 3 is 1.81 bits per heavy atom. The van der Waals surface area contributed by atoms with E-state index in [4.69, 9.17) is 9.97 Å². The molecule has 5 heteroatoms. The van der Waals surface area contributed by atoms with Crippen LogP contribution in [0.25, 0.3) is 113 Å². The Morgan fingerprint density at radius 2 is 0.982 bits per heavy atom. The van der Waals surface area contributed by atoms with Gasteiger partial charge in [-0.05, 0) is 54.1 Å². The standard InChI is InChI=1S/C52H31N3S2/c1-3-15-32(16-4-1)42-31-43(54-52(53-42)33-17-5-2-6-18-33)37-23-13-25-45-49(37)38-20-7-10-24-44(38)55(45)34-29-40-35-19-8-11-26-46(35)57-51(40)41(30-34)36-22-14-28-48-50(36)39-21-9-12-27-47(39)56-48/h1-31H. The van der Waals surface area contributed by atoms with Crippen molar-refractivity contribution in [1.29, 1.82) is 0 Å². The van der Waals surface area contributed by atoms with Crippen LogP contribution in [-0.2, 0) is 0 Å². The van der Waals surface area contributed by atoms with Gasteiger partial charge in [0.1, 0.15) is 0 Å². The number of benzene rings is 8. The number of hydrogen-bond acceptors (Lipinski definition) is 4. The third-order valence-electron chi connectivity index (χ3n) is 11.2. The molecule has 0 radical (unpaired) electrons. The van der Waals surface area contributed by atoms with Crippen LogP contribution in [0.15, 0.2) is 188 Å². The van der Waals surface area contributed by atoms with E-state index in [1.165, 1.54) is 62.2 Å². The maximum atomic E-state index is 5.29. The highest BCUT2D eigenvalue weighted by Crippen LogP contribution is 2.47. The first-order chi connectivity index (χ1) is 28.3. The molecule has 0 fully saturated rings. The molecule has 3 nitrogen and oxygen atoms in total.